The van der Waals surface area contributed by atoms with E-state index in [0.717, 1.165) is 5.57 Å². The van der Waals surface area contributed by atoms with Crippen LogP contribution in [-0.2, 0) is 4.74 Å². The molecule has 0 spiro atoms. The van der Waals surface area contributed by atoms with Crippen molar-refractivity contribution in [2.24, 2.45) is 5.73 Å². The topological polar surface area (TPSA) is 133 Å². The summed E-state index contributed by atoms with van der Waals surface area (Å²) in [7, 11) is 3.08. The van der Waals surface area contributed by atoms with Gasteiger partial charge in [-0.15, -0.1) is 0 Å². The van der Waals surface area contributed by atoms with E-state index in [1.54, 1.807) is 31.4 Å². The van der Waals surface area contributed by atoms with Gasteiger partial charge in [-0.05, 0) is 12.1 Å². The number of ether oxygens (including phenoxy) is 3. The van der Waals surface area contributed by atoms with Crippen molar-refractivity contribution in [2.45, 2.75) is 5.92 Å². The molecule has 2 aliphatic heterocycles. The van der Waals surface area contributed by atoms with E-state index in [0.29, 0.717) is 34.1 Å². The number of nitro groups is 1. The van der Waals surface area contributed by atoms with Crippen molar-refractivity contribution in [2.75, 3.05) is 26.1 Å². The second-order valence-corrected chi connectivity index (χ2v) is 6.70. The second kappa shape index (κ2) is 7.33. The van der Waals surface area contributed by atoms with E-state index < -0.39 is 10.8 Å². The molecule has 152 valence electrons. The molecule has 1 unspecified atom stereocenters. The Kier molecular flexibility index (Phi) is 4.68. The van der Waals surface area contributed by atoms with Gasteiger partial charge in [-0.25, -0.2) is 0 Å². The lowest BCUT2D eigenvalue weighted by molar-refractivity contribution is -0.384. The van der Waals surface area contributed by atoms with Crippen LogP contribution in [0.2, 0.25) is 0 Å². The minimum Gasteiger partial charge on any atom is -0.497 e. The molecule has 2 aromatic rings. The summed E-state index contributed by atoms with van der Waals surface area (Å²) in [6.07, 6.45) is 0. The first-order valence-electron chi connectivity index (χ1n) is 9.04. The van der Waals surface area contributed by atoms with Crippen molar-refractivity contribution >= 4 is 17.1 Å². The van der Waals surface area contributed by atoms with Gasteiger partial charge in [0.25, 0.3) is 5.69 Å². The lowest BCUT2D eigenvalue weighted by atomic mass is 9.80. The fourth-order valence-electron chi connectivity index (χ4n) is 3.86. The third-order valence-electron chi connectivity index (χ3n) is 5.22. The van der Waals surface area contributed by atoms with Crippen LogP contribution in [0.15, 0.2) is 53.4 Å². The van der Waals surface area contributed by atoms with E-state index in [-0.39, 0.29) is 23.7 Å². The Morgan fingerprint density at radius 3 is 2.77 bits per heavy atom. The summed E-state index contributed by atoms with van der Waals surface area (Å²) < 4.78 is 16.6. The molecule has 9 nitrogen and oxygen atoms in total. The van der Waals surface area contributed by atoms with E-state index in [4.69, 9.17) is 19.9 Å². The standard InChI is InChI=1S/C21H18N4O5/c1-28-11-6-7-12(17(8-11)29-2)18-14(9-22)21(23)30-20-13-4-3-5-16(25(26)27)19(13)24-10-15(18)20/h3-8,18,24H,10,23H2,1-2H3. The van der Waals surface area contributed by atoms with Crippen molar-refractivity contribution in [1.82, 2.24) is 0 Å². The van der Waals surface area contributed by atoms with Gasteiger partial charge >= 0.3 is 0 Å². The zero-order chi connectivity index (χ0) is 21.4. The average Bonchev–Trinajstić information content (AvgIpc) is 2.77. The largest absolute Gasteiger partial charge is 0.497 e. The third kappa shape index (κ3) is 2.86. The van der Waals surface area contributed by atoms with Crippen LogP contribution < -0.4 is 20.5 Å². The van der Waals surface area contributed by atoms with Gasteiger partial charge in [0.1, 0.15) is 34.6 Å². The first-order chi connectivity index (χ1) is 14.5. The Hall–Kier alpha value is -4.19. The van der Waals surface area contributed by atoms with Crippen molar-refractivity contribution < 1.29 is 19.1 Å². The zero-order valence-electron chi connectivity index (χ0n) is 16.3. The van der Waals surface area contributed by atoms with Crippen LogP contribution in [0.4, 0.5) is 11.4 Å². The number of nitriles is 1. The Labute approximate surface area is 172 Å². The molecule has 2 heterocycles. The van der Waals surface area contributed by atoms with Crippen LogP contribution in [0, 0.1) is 21.4 Å². The molecule has 1 atom stereocenters. The minimum absolute atomic E-state index is 0.0431. The molecule has 0 amide bonds. The molecular formula is C21H18N4O5. The highest BCUT2D eigenvalue weighted by molar-refractivity contribution is 5.86. The van der Waals surface area contributed by atoms with Crippen LogP contribution in [0.25, 0.3) is 5.76 Å². The van der Waals surface area contributed by atoms with Crippen LogP contribution in [0.1, 0.15) is 17.0 Å². The summed E-state index contributed by atoms with van der Waals surface area (Å²) in [5.74, 6) is 0.957. The number of hydrogen-bond donors (Lipinski definition) is 2. The number of allylic oxidation sites excluding steroid dienone is 1. The zero-order valence-corrected chi connectivity index (χ0v) is 16.3. The number of methoxy groups -OCH3 is 2. The Balaban J connectivity index is 1.94. The normalized spacial score (nSPS) is 17.2. The quantitative estimate of drug-likeness (QED) is 0.584. The Morgan fingerprint density at radius 2 is 2.10 bits per heavy atom. The molecule has 9 heteroatoms. The number of benzene rings is 2. The maximum Gasteiger partial charge on any atom is 0.293 e. The summed E-state index contributed by atoms with van der Waals surface area (Å²) in [5.41, 5.74) is 8.61. The van der Waals surface area contributed by atoms with Crippen molar-refractivity contribution in [1.29, 1.82) is 5.26 Å². The van der Waals surface area contributed by atoms with Crippen LogP contribution in [0.5, 0.6) is 11.5 Å². The molecule has 2 aliphatic rings. The predicted octanol–water partition coefficient (Wildman–Crippen LogP) is 3.26. The van der Waals surface area contributed by atoms with Crippen molar-refractivity contribution in [3.63, 3.8) is 0 Å². The highest BCUT2D eigenvalue weighted by Crippen LogP contribution is 2.49. The highest BCUT2D eigenvalue weighted by atomic mass is 16.6. The number of nitrogens with zero attached hydrogens (tertiary/aromatic N) is 2. The number of para-hydroxylation sites is 1. The van der Waals surface area contributed by atoms with Crippen LogP contribution in [0.3, 0.4) is 0 Å². The molecule has 0 radical (unpaired) electrons. The maximum absolute atomic E-state index is 11.4. The van der Waals surface area contributed by atoms with Crippen LogP contribution >= 0.6 is 0 Å². The summed E-state index contributed by atoms with van der Waals surface area (Å²) in [6, 6.07) is 12.2. The Bertz CT molecular complexity index is 1160. The summed E-state index contributed by atoms with van der Waals surface area (Å²) >= 11 is 0. The fraction of sp³-hybridized carbons (Fsp3) is 0.190. The van der Waals surface area contributed by atoms with Gasteiger partial charge in [0.15, 0.2) is 0 Å². The number of anilines is 1. The van der Waals surface area contributed by atoms with E-state index in [9.17, 15) is 15.4 Å². The van der Waals surface area contributed by atoms with Crippen molar-refractivity contribution in [3.05, 3.63) is 74.7 Å². The minimum atomic E-state index is -0.542. The highest BCUT2D eigenvalue weighted by Gasteiger charge is 2.38. The van der Waals surface area contributed by atoms with E-state index in [1.807, 2.05) is 6.07 Å². The number of hydrogen-bond acceptors (Lipinski definition) is 8. The predicted molar refractivity (Wildman–Crippen MR) is 109 cm³/mol. The third-order valence-corrected chi connectivity index (χ3v) is 5.22. The van der Waals surface area contributed by atoms with Gasteiger partial charge in [-0.3, -0.25) is 10.1 Å². The SMILES string of the molecule is COc1ccc(C2C(C#N)=C(N)OC3=C2CNc2c3cccc2[N+](=O)[O-])c(OC)c1. The van der Waals surface area contributed by atoms with Crippen LogP contribution in [-0.4, -0.2) is 25.7 Å². The molecule has 0 saturated heterocycles. The number of nitrogens with two attached hydrogens (primary N) is 1. The van der Waals surface area contributed by atoms with E-state index in [1.165, 1.54) is 13.2 Å². The first kappa shape index (κ1) is 19.1. The number of fused-ring (bicyclic) bond motifs is 2. The fourth-order valence-corrected chi connectivity index (χ4v) is 3.86. The lowest BCUT2D eigenvalue weighted by Gasteiger charge is -2.33. The summed E-state index contributed by atoms with van der Waals surface area (Å²) in [5, 5.41) is 24.3. The average molecular weight is 406 g/mol. The van der Waals surface area contributed by atoms with E-state index in [2.05, 4.69) is 11.4 Å². The van der Waals surface area contributed by atoms with Gasteiger partial charge in [-0.1, -0.05) is 12.1 Å². The summed E-state index contributed by atoms with van der Waals surface area (Å²) in [4.78, 5) is 11.0. The molecule has 4 rings (SSSR count). The van der Waals surface area contributed by atoms with Gasteiger partial charge in [0.2, 0.25) is 5.88 Å². The Morgan fingerprint density at radius 1 is 1.30 bits per heavy atom. The molecular weight excluding hydrogens is 388 g/mol. The number of rotatable bonds is 4. The first-order valence-corrected chi connectivity index (χ1v) is 9.04. The second-order valence-electron chi connectivity index (χ2n) is 6.70. The lowest BCUT2D eigenvalue weighted by Crippen LogP contribution is -2.27. The molecule has 0 bridgehead atoms. The smallest absolute Gasteiger partial charge is 0.293 e. The molecule has 0 aromatic heterocycles. The monoisotopic (exact) mass is 406 g/mol. The van der Waals surface area contributed by atoms with Gasteiger partial charge in [0, 0.05) is 35.4 Å². The molecule has 3 N–H and O–H groups in total. The number of nitro benzene ring substituents is 1. The van der Waals surface area contributed by atoms with Crippen molar-refractivity contribution in [3.8, 4) is 17.6 Å². The maximum atomic E-state index is 11.4. The van der Waals surface area contributed by atoms with E-state index >= 15 is 0 Å². The summed E-state index contributed by atoms with van der Waals surface area (Å²) in [6.45, 7) is 0.242. The molecule has 0 saturated carbocycles. The van der Waals surface area contributed by atoms with Gasteiger partial charge in [0.05, 0.1) is 25.1 Å². The van der Waals surface area contributed by atoms with Gasteiger partial charge in [-0.2, -0.15) is 5.26 Å². The van der Waals surface area contributed by atoms with Gasteiger partial charge < -0.3 is 25.3 Å². The molecule has 0 fully saturated rings. The molecule has 30 heavy (non-hydrogen) atoms. The molecule has 2 aromatic carbocycles. The number of nitrogens with one attached hydrogen (secondary N) is 1. The molecule has 0 aliphatic carbocycles.